The van der Waals surface area contributed by atoms with E-state index in [1.165, 1.54) is 0 Å². The Balaban J connectivity index is 2.88. The molecule has 2 aliphatic rings. The first kappa shape index (κ1) is 11.3. The summed E-state index contributed by atoms with van der Waals surface area (Å²) < 4.78 is 1.11. The van der Waals surface area contributed by atoms with Gasteiger partial charge in [-0.2, -0.15) is 4.73 Å². The number of anilines is 2. The number of fused-ring (bicyclic) bond motifs is 1. The third-order valence-electron chi connectivity index (χ3n) is 2.78. The Morgan fingerprint density at radius 1 is 1.24 bits per heavy atom. The van der Waals surface area contributed by atoms with Crippen LogP contribution in [0.25, 0.3) is 11.3 Å². The van der Waals surface area contributed by atoms with E-state index < -0.39 is 0 Å². The topological polar surface area (TPSA) is 61.6 Å². The molecule has 0 amide bonds. The van der Waals surface area contributed by atoms with Crippen molar-refractivity contribution in [2.24, 2.45) is 4.99 Å². The third kappa shape index (κ3) is 1.80. The number of rotatable bonds is 2. The number of benzene rings is 1. The highest BCUT2D eigenvalue weighted by molar-refractivity contribution is 5.78. The Kier molecular flexibility index (Phi) is 2.91. The van der Waals surface area contributed by atoms with E-state index in [9.17, 15) is 5.21 Å². The zero-order valence-corrected chi connectivity index (χ0v) is 10.2. The Hall–Kier alpha value is -2.17. The molecule has 3 N–H and O–H groups in total. The van der Waals surface area contributed by atoms with Crippen molar-refractivity contribution < 1.29 is 5.21 Å². The molecule has 1 aliphatic carbocycles. The van der Waals surface area contributed by atoms with E-state index in [0.717, 1.165) is 32.7 Å². The molecule has 17 heavy (non-hydrogen) atoms. The predicted octanol–water partition coefficient (Wildman–Crippen LogP) is 1.44. The highest BCUT2D eigenvalue weighted by Crippen LogP contribution is 2.28. The SMILES string of the molecule is CN=c1ccc(NC)c2n(O)cc(NC)cc1-2. The van der Waals surface area contributed by atoms with Gasteiger partial charge in [-0.15, -0.1) is 0 Å². The van der Waals surface area contributed by atoms with Crippen molar-refractivity contribution in [1.82, 2.24) is 4.73 Å². The van der Waals surface area contributed by atoms with Gasteiger partial charge in [0.05, 0.1) is 22.9 Å². The number of hydrogen-bond donors (Lipinski definition) is 3. The normalized spacial score (nSPS) is 11.8. The number of nitrogens with one attached hydrogen (secondary N) is 2. The van der Waals surface area contributed by atoms with Crippen LogP contribution in [0.2, 0.25) is 0 Å². The largest absolute Gasteiger partial charge is 0.428 e. The summed E-state index contributed by atoms with van der Waals surface area (Å²) >= 11 is 0. The second-order valence-electron chi connectivity index (χ2n) is 3.69. The Morgan fingerprint density at radius 3 is 2.59 bits per heavy atom. The van der Waals surface area contributed by atoms with Gasteiger partial charge in [-0.1, -0.05) is 0 Å². The van der Waals surface area contributed by atoms with Crippen LogP contribution in [-0.4, -0.2) is 31.1 Å². The number of nitrogens with zero attached hydrogens (tertiary/aromatic N) is 2. The molecule has 5 heteroatoms. The molecule has 5 nitrogen and oxygen atoms in total. The molecule has 1 heterocycles. The van der Waals surface area contributed by atoms with Crippen molar-refractivity contribution in [1.29, 1.82) is 0 Å². The highest BCUT2D eigenvalue weighted by atomic mass is 16.5. The van der Waals surface area contributed by atoms with E-state index in [1.54, 1.807) is 13.2 Å². The van der Waals surface area contributed by atoms with Gasteiger partial charge < -0.3 is 15.8 Å². The summed E-state index contributed by atoms with van der Waals surface area (Å²) in [7, 11) is 5.37. The van der Waals surface area contributed by atoms with Gasteiger partial charge in [0, 0.05) is 26.7 Å². The molecule has 0 aromatic heterocycles. The first-order valence-electron chi connectivity index (χ1n) is 5.38. The highest BCUT2D eigenvalue weighted by Gasteiger charge is 2.14. The lowest BCUT2D eigenvalue weighted by Gasteiger charge is -2.16. The van der Waals surface area contributed by atoms with Gasteiger partial charge in [0.25, 0.3) is 0 Å². The Labute approximate surface area is 99.7 Å². The lowest BCUT2D eigenvalue weighted by atomic mass is 10.1. The fraction of sp³-hybridized carbons (Fsp3) is 0.250. The van der Waals surface area contributed by atoms with Crippen LogP contribution in [0, 0.1) is 0 Å². The van der Waals surface area contributed by atoms with Crippen LogP contribution in [0.3, 0.4) is 0 Å². The summed E-state index contributed by atoms with van der Waals surface area (Å²) in [5, 5.41) is 16.9. The van der Waals surface area contributed by atoms with Crippen molar-refractivity contribution in [3.05, 3.63) is 29.8 Å². The third-order valence-corrected chi connectivity index (χ3v) is 2.78. The zero-order chi connectivity index (χ0) is 12.4. The summed E-state index contributed by atoms with van der Waals surface area (Å²) in [5.74, 6) is 0. The molecule has 90 valence electrons. The molecule has 2 rings (SSSR count). The summed E-state index contributed by atoms with van der Waals surface area (Å²) in [6.45, 7) is 0. The van der Waals surface area contributed by atoms with Gasteiger partial charge in [0.2, 0.25) is 0 Å². The second kappa shape index (κ2) is 4.37. The quantitative estimate of drug-likeness (QED) is 0.687. The van der Waals surface area contributed by atoms with Crippen molar-refractivity contribution in [3.8, 4) is 11.3 Å². The van der Waals surface area contributed by atoms with Gasteiger partial charge >= 0.3 is 0 Å². The molecule has 0 saturated carbocycles. The average molecular weight is 232 g/mol. The van der Waals surface area contributed by atoms with Crippen LogP contribution in [0.1, 0.15) is 0 Å². The zero-order valence-electron chi connectivity index (χ0n) is 10.2. The van der Waals surface area contributed by atoms with Gasteiger partial charge in [-0.3, -0.25) is 4.99 Å². The number of aromatic nitrogens is 1. The van der Waals surface area contributed by atoms with Crippen molar-refractivity contribution >= 4 is 11.4 Å². The van der Waals surface area contributed by atoms with Crippen LogP contribution in [0.5, 0.6) is 0 Å². The summed E-state index contributed by atoms with van der Waals surface area (Å²) in [6.07, 6.45) is 1.63. The van der Waals surface area contributed by atoms with Crippen molar-refractivity contribution in [2.75, 3.05) is 31.8 Å². The maximum atomic E-state index is 10.0. The van der Waals surface area contributed by atoms with Crippen LogP contribution in [0.4, 0.5) is 11.4 Å². The van der Waals surface area contributed by atoms with E-state index >= 15 is 0 Å². The molecular weight excluding hydrogens is 216 g/mol. The van der Waals surface area contributed by atoms with Gasteiger partial charge in [0.1, 0.15) is 5.69 Å². The minimum atomic E-state index is 0.717. The summed E-state index contributed by atoms with van der Waals surface area (Å²) in [5.41, 5.74) is 3.30. The molecule has 0 atom stereocenters. The molecule has 0 radical (unpaired) electrons. The lowest BCUT2D eigenvalue weighted by molar-refractivity contribution is 0.190. The maximum absolute atomic E-state index is 10.0. The van der Waals surface area contributed by atoms with E-state index in [4.69, 9.17) is 0 Å². The molecule has 0 unspecified atom stereocenters. The molecule has 0 fully saturated rings. The predicted molar refractivity (Wildman–Crippen MR) is 68.8 cm³/mol. The first-order chi connectivity index (χ1) is 8.21. The number of hydrogen-bond acceptors (Lipinski definition) is 4. The van der Waals surface area contributed by atoms with Gasteiger partial charge in [-0.05, 0) is 18.2 Å². The maximum Gasteiger partial charge on any atom is 0.112 e. The fourth-order valence-electron chi connectivity index (χ4n) is 1.91. The van der Waals surface area contributed by atoms with Crippen LogP contribution in [-0.2, 0) is 0 Å². The molecule has 1 aliphatic heterocycles. The van der Waals surface area contributed by atoms with E-state index in [-0.39, 0.29) is 0 Å². The van der Waals surface area contributed by atoms with Gasteiger partial charge in [-0.25, -0.2) is 0 Å². The van der Waals surface area contributed by atoms with E-state index in [1.807, 2.05) is 32.3 Å². The molecule has 0 spiro atoms. The van der Waals surface area contributed by atoms with Crippen LogP contribution in [0.15, 0.2) is 29.4 Å². The van der Waals surface area contributed by atoms with Crippen LogP contribution >= 0.6 is 0 Å². The minimum absolute atomic E-state index is 0.717. The van der Waals surface area contributed by atoms with E-state index in [0.29, 0.717) is 0 Å². The van der Waals surface area contributed by atoms with E-state index in [2.05, 4.69) is 15.6 Å². The first-order valence-corrected chi connectivity index (χ1v) is 5.38. The molecule has 0 aromatic carbocycles. The molecule has 0 bridgehead atoms. The summed E-state index contributed by atoms with van der Waals surface area (Å²) in [4.78, 5) is 4.21. The van der Waals surface area contributed by atoms with Gasteiger partial charge in [0.15, 0.2) is 0 Å². The van der Waals surface area contributed by atoms with Crippen molar-refractivity contribution in [3.63, 3.8) is 0 Å². The molecule has 0 saturated heterocycles. The standard InChI is InChI=1S/C12H16N4O/c1-13-8-6-9-10(14-2)4-5-11(15-3)12(9)16(17)7-8/h4-7,13,15,17H,1-3H3. The smallest absolute Gasteiger partial charge is 0.112 e. The summed E-state index contributed by atoms with van der Waals surface area (Å²) in [6, 6.07) is 5.79. The lowest BCUT2D eigenvalue weighted by Crippen LogP contribution is -2.14. The molecular formula is C12H16N4O. The average Bonchev–Trinajstić information content (AvgIpc) is 2.37. The Morgan fingerprint density at radius 2 is 2.00 bits per heavy atom. The van der Waals surface area contributed by atoms with Crippen LogP contribution < -0.4 is 16.0 Å². The molecule has 0 aromatic rings. The number of pyridine rings is 1. The minimum Gasteiger partial charge on any atom is -0.428 e. The Bertz CT molecular complexity index is 574. The van der Waals surface area contributed by atoms with Crippen molar-refractivity contribution in [2.45, 2.75) is 0 Å². The fourth-order valence-corrected chi connectivity index (χ4v) is 1.91. The monoisotopic (exact) mass is 232 g/mol. The second-order valence-corrected chi connectivity index (χ2v) is 3.69.